The fourth-order valence-electron chi connectivity index (χ4n) is 2.69. The van der Waals surface area contributed by atoms with Crippen molar-refractivity contribution in [3.63, 3.8) is 0 Å². The summed E-state index contributed by atoms with van der Waals surface area (Å²) in [5.41, 5.74) is 2.54. The second-order valence-corrected chi connectivity index (χ2v) is 6.74. The van der Waals surface area contributed by atoms with Gasteiger partial charge >= 0.3 is 0 Å². The minimum atomic E-state index is -0.130. The van der Waals surface area contributed by atoms with E-state index >= 15 is 0 Å². The van der Waals surface area contributed by atoms with E-state index in [9.17, 15) is 4.79 Å². The Kier molecular flexibility index (Phi) is 6.36. The zero-order valence-corrected chi connectivity index (χ0v) is 15.5. The predicted molar refractivity (Wildman–Crippen MR) is 104 cm³/mol. The molecule has 2 aromatic carbocycles. The second-order valence-electron chi connectivity index (χ2n) is 6.34. The number of anilines is 2. The van der Waals surface area contributed by atoms with Gasteiger partial charge in [-0.1, -0.05) is 17.7 Å². The van der Waals surface area contributed by atoms with Crippen molar-refractivity contribution in [1.82, 2.24) is 0 Å². The topological polar surface area (TPSA) is 59.6 Å². The molecule has 6 heteroatoms. The van der Waals surface area contributed by atoms with E-state index in [1.165, 1.54) is 0 Å². The lowest BCUT2D eigenvalue weighted by Crippen LogP contribution is -2.21. The fourth-order valence-corrected chi connectivity index (χ4v) is 2.87. The van der Waals surface area contributed by atoms with Crippen molar-refractivity contribution < 1.29 is 14.3 Å². The summed E-state index contributed by atoms with van der Waals surface area (Å²) in [7, 11) is 0. The molecule has 1 unspecified atom stereocenters. The number of rotatable bonds is 7. The van der Waals surface area contributed by atoms with E-state index in [1.54, 1.807) is 0 Å². The summed E-state index contributed by atoms with van der Waals surface area (Å²) in [6.07, 6.45) is 2.34. The van der Waals surface area contributed by atoms with Gasteiger partial charge in [0.25, 0.3) is 0 Å². The molecule has 1 heterocycles. The Morgan fingerprint density at radius 1 is 1.23 bits per heavy atom. The molecule has 138 valence electrons. The van der Waals surface area contributed by atoms with Crippen LogP contribution < -0.4 is 15.4 Å². The lowest BCUT2D eigenvalue weighted by molar-refractivity contribution is -0.114. The Labute approximate surface area is 158 Å². The second kappa shape index (κ2) is 8.92. The molecule has 5 nitrogen and oxygen atoms in total. The molecule has 0 aromatic heterocycles. The number of ether oxygens (including phenoxy) is 2. The van der Waals surface area contributed by atoms with Gasteiger partial charge in [-0.25, -0.2) is 0 Å². The smallest absolute Gasteiger partial charge is 0.243 e. The van der Waals surface area contributed by atoms with Crippen molar-refractivity contribution in [3.8, 4) is 5.75 Å². The quantitative estimate of drug-likeness (QED) is 0.760. The van der Waals surface area contributed by atoms with Crippen LogP contribution in [-0.4, -0.2) is 31.8 Å². The van der Waals surface area contributed by atoms with Gasteiger partial charge in [0.1, 0.15) is 12.4 Å². The van der Waals surface area contributed by atoms with Gasteiger partial charge in [0.2, 0.25) is 5.91 Å². The monoisotopic (exact) mass is 374 g/mol. The maximum atomic E-state index is 12.1. The van der Waals surface area contributed by atoms with Gasteiger partial charge in [-0.2, -0.15) is 0 Å². The fraction of sp³-hybridized carbons (Fsp3) is 0.350. The third-order valence-electron chi connectivity index (χ3n) is 4.22. The number of halogens is 1. The van der Waals surface area contributed by atoms with Gasteiger partial charge in [-0.15, -0.1) is 0 Å². The van der Waals surface area contributed by atoms with Gasteiger partial charge in [-0.05, 0) is 61.7 Å². The first-order valence-electron chi connectivity index (χ1n) is 8.74. The molecule has 26 heavy (non-hydrogen) atoms. The molecule has 0 radical (unpaired) electrons. The Bertz CT molecular complexity index is 743. The van der Waals surface area contributed by atoms with Crippen LogP contribution in [0.4, 0.5) is 11.4 Å². The van der Waals surface area contributed by atoms with Gasteiger partial charge in [0, 0.05) is 23.0 Å². The molecule has 0 aliphatic carbocycles. The highest BCUT2D eigenvalue weighted by atomic mass is 35.5. The molecule has 1 saturated heterocycles. The third-order valence-corrected chi connectivity index (χ3v) is 4.63. The number of hydrogen-bond acceptors (Lipinski definition) is 4. The van der Waals surface area contributed by atoms with E-state index in [4.69, 9.17) is 21.1 Å². The van der Waals surface area contributed by atoms with E-state index in [0.29, 0.717) is 11.6 Å². The maximum absolute atomic E-state index is 12.1. The SMILES string of the molecule is Cc1ccc(NCC(=O)Nc2ccc(OCC3CCCO3)cc2)cc1Cl. The molecule has 2 N–H and O–H groups in total. The molecular weight excluding hydrogens is 352 g/mol. The number of nitrogens with one attached hydrogen (secondary N) is 2. The lowest BCUT2D eigenvalue weighted by Gasteiger charge is -2.12. The van der Waals surface area contributed by atoms with E-state index in [1.807, 2.05) is 49.4 Å². The summed E-state index contributed by atoms with van der Waals surface area (Å²) in [6, 6.07) is 13.0. The van der Waals surface area contributed by atoms with E-state index in [-0.39, 0.29) is 18.6 Å². The van der Waals surface area contributed by atoms with Crippen LogP contribution in [0.3, 0.4) is 0 Å². The standard InChI is InChI=1S/C20H23ClN2O3/c1-14-4-5-16(11-19(14)21)22-12-20(24)23-15-6-8-17(9-7-15)26-13-18-3-2-10-25-18/h4-9,11,18,22H,2-3,10,12-13H2,1H3,(H,23,24). The number of carbonyl (C=O) groups excluding carboxylic acids is 1. The van der Waals surface area contributed by atoms with Crippen LogP contribution in [0.15, 0.2) is 42.5 Å². The predicted octanol–water partition coefficient (Wildman–Crippen LogP) is 4.26. The minimum Gasteiger partial charge on any atom is -0.491 e. The van der Waals surface area contributed by atoms with Crippen LogP contribution in [0.25, 0.3) is 0 Å². The number of aryl methyl sites for hydroxylation is 1. The summed E-state index contributed by atoms with van der Waals surface area (Å²) >= 11 is 6.08. The molecule has 1 amide bonds. The summed E-state index contributed by atoms with van der Waals surface area (Å²) in [5, 5.41) is 6.58. The first kappa shape index (κ1) is 18.5. The number of benzene rings is 2. The zero-order valence-electron chi connectivity index (χ0n) is 14.8. The Hall–Kier alpha value is -2.24. The van der Waals surface area contributed by atoms with Gasteiger partial charge < -0.3 is 20.1 Å². The van der Waals surface area contributed by atoms with Crippen molar-refractivity contribution in [3.05, 3.63) is 53.1 Å². The van der Waals surface area contributed by atoms with Crippen LogP contribution in [-0.2, 0) is 9.53 Å². The van der Waals surface area contributed by atoms with E-state index in [0.717, 1.165) is 42.1 Å². The van der Waals surface area contributed by atoms with Crippen molar-refractivity contribution in [2.24, 2.45) is 0 Å². The number of hydrogen-bond donors (Lipinski definition) is 2. The molecule has 0 spiro atoms. The lowest BCUT2D eigenvalue weighted by atomic mass is 10.2. The first-order chi connectivity index (χ1) is 12.6. The van der Waals surface area contributed by atoms with E-state index < -0.39 is 0 Å². The molecule has 1 fully saturated rings. The van der Waals surface area contributed by atoms with Crippen molar-refractivity contribution in [2.75, 3.05) is 30.4 Å². The molecule has 1 aliphatic heterocycles. The Balaban J connectivity index is 1.44. The summed E-state index contributed by atoms with van der Waals surface area (Å²) in [5.74, 6) is 0.639. The summed E-state index contributed by atoms with van der Waals surface area (Å²) in [6.45, 7) is 3.49. The van der Waals surface area contributed by atoms with Gasteiger partial charge in [0.15, 0.2) is 0 Å². The van der Waals surface area contributed by atoms with Crippen molar-refractivity contribution in [2.45, 2.75) is 25.9 Å². The van der Waals surface area contributed by atoms with Gasteiger partial charge in [0.05, 0.1) is 12.6 Å². The average molecular weight is 375 g/mol. The van der Waals surface area contributed by atoms with E-state index in [2.05, 4.69) is 10.6 Å². The molecule has 0 saturated carbocycles. The highest BCUT2D eigenvalue weighted by Gasteiger charge is 2.15. The average Bonchev–Trinajstić information content (AvgIpc) is 3.16. The Morgan fingerprint density at radius 2 is 2.00 bits per heavy atom. The van der Waals surface area contributed by atoms with Crippen LogP contribution in [0.1, 0.15) is 18.4 Å². The molecule has 0 bridgehead atoms. The van der Waals surface area contributed by atoms with Crippen LogP contribution in [0.2, 0.25) is 5.02 Å². The first-order valence-corrected chi connectivity index (χ1v) is 9.12. The highest BCUT2D eigenvalue weighted by Crippen LogP contribution is 2.20. The molecular formula is C20H23ClN2O3. The highest BCUT2D eigenvalue weighted by molar-refractivity contribution is 6.31. The molecule has 2 aromatic rings. The zero-order chi connectivity index (χ0) is 18.4. The normalized spacial score (nSPS) is 16.3. The third kappa shape index (κ3) is 5.38. The van der Waals surface area contributed by atoms with Crippen LogP contribution in [0.5, 0.6) is 5.75 Å². The molecule has 1 atom stereocenters. The number of amides is 1. The van der Waals surface area contributed by atoms with Crippen molar-refractivity contribution >= 4 is 28.9 Å². The van der Waals surface area contributed by atoms with Crippen molar-refractivity contribution in [1.29, 1.82) is 0 Å². The van der Waals surface area contributed by atoms with Crippen LogP contribution in [0, 0.1) is 6.92 Å². The summed E-state index contributed by atoms with van der Waals surface area (Å²) in [4.78, 5) is 12.1. The number of carbonyl (C=O) groups is 1. The Morgan fingerprint density at radius 3 is 2.69 bits per heavy atom. The van der Waals surface area contributed by atoms with Crippen LogP contribution >= 0.6 is 11.6 Å². The largest absolute Gasteiger partial charge is 0.491 e. The minimum absolute atomic E-state index is 0.130. The summed E-state index contributed by atoms with van der Waals surface area (Å²) < 4.78 is 11.2. The molecule has 3 rings (SSSR count). The van der Waals surface area contributed by atoms with Gasteiger partial charge in [-0.3, -0.25) is 4.79 Å². The molecule has 1 aliphatic rings. The maximum Gasteiger partial charge on any atom is 0.243 e.